The molecule has 1 N–H and O–H groups in total. The van der Waals surface area contributed by atoms with Crippen LogP contribution in [-0.4, -0.2) is 22.5 Å². The molecule has 20 heavy (non-hydrogen) atoms. The van der Waals surface area contributed by atoms with Crippen molar-refractivity contribution in [3.05, 3.63) is 63.6 Å². The quantitative estimate of drug-likeness (QED) is 0.870. The molecule has 3 rings (SSSR count). The zero-order valence-corrected chi connectivity index (χ0v) is 12.4. The van der Waals surface area contributed by atoms with Gasteiger partial charge in [0, 0.05) is 17.6 Å². The van der Waals surface area contributed by atoms with Crippen LogP contribution >= 0.6 is 15.9 Å². The van der Waals surface area contributed by atoms with Gasteiger partial charge in [-0.05, 0) is 35.7 Å². The number of halogens is 1. The fourth-order valence-corrected chi connectivity index (χ4v) is 2.88. The summed E-state index contributed by atoms with van der Waals surface area (Å²) in [5.41, 5.74) is 2.83. The van der Waals surface area contributed by atoms with E-state index in [1.165, 1.54) is 17.2 Å². The Morgan fingerprint density at radius 1 is 1.15 bits per heavy atom. The number of fused-ring (bicyclic) bond motifs is 1. The second-order valence-corrected chi connectivity index (χ2v) is 5.82. The molecule has 0 spiro atoms. The molecule has 0 aliphatic carbocycles. The average Bonchev–Trinajstić information content (AvgIpc) is 2.48. The first-order valence-corrected chi connectivity index (χ1v) is 7.29. The first kappa shape index (κ1) is 13.2. The monoisotopic (exact) mass is 331 g/mol. The van der Waals surface area contributed by atoms with Crippen molar-refractivity contribution in [3.63, 3.8) is 0 Å². The van der Waals surface area contributed by atoms with E-state index in [1.54, 1.807) is 17.0 Å². The maximum Gasteiger partial charge on any atom is 0.257 e. The Labute approximate surface area is 126 Å². The minimum atomic E-state index is -0.127. The van der Waals surface area contributed by atoms with Crippen molar-refractivity contribution in [2.45, 2.75) is 13.0 Å². The van der Waals surface area contributed by atoms with Gasteiger partial charge in [0.15, 0.2) is 0 Å². The van der Waals surface area contributed by atoms with E-state index in [0.717, 1.165) is 10.9 Å². The Balaban J connectivity index is 1.88. The van der Waals surface area contributed by atoms with Crippen molar-refractivity contribution in [2.75, 3.05) is 6.54 Å². The summed E-state index contributed by atoms with van der Waals surface area (Å²) in [6.07, 6.45) is 0.858. The summed E-state index contributed by atoms with van der Waals surface area (Å²) >= 11 is 3.33. The van der Waals surface area contributed by atoms with Gasteiger partial charge in [-0.2, -0.15) is 0 Å². The summed E-state index contributed by atoms with van der Waals surface area (Å²) in [7, 11) is 0. The molecule has 0 unspecified atom stereocenters. The Morgan fingerprint density at radius 2 is 1.90 bits per heavy atom. The van der Waals surface area contributed by atoms with E-state index in [4.69, 9.17) is 0 Å². The minimum Gasteiger partial charge on any atom is -0.507 e. The highest BCUT2D eigenvalue weighted by Crippen LogP contribution is 2.26. The number of phenols is 1. The van der Waals surface area contributed by atoms with E-state index < -0.39 is 0 Å². The van der Waals surface area contributed by atoms with Crippen LogP contribution in [-0.2, 0) is 13.0 Å². The van der Waals surface area contributed by atoms with Crippen LogP contribution in [0.15, 0.2) is 46.9 Å². The normalized spacial score (nSPS) is 13.9. The van der Waals surface area contributed by atoms with E-state index in [9.17, 15) is 9.90 Å². The van der Waals surface area contributed by atoms with Gasteiger partial charge in [-0.3, -0.25) is 4.79 Å². The van der Waals surface area contributed by atoms with Gasteiger partial charge >= 0.3 is 0 Å². The summed E-state index contributed by atoms with van der Waals surface area (Å²) in [5.74, 6) is -0.102. The van der Waals surface area contributed by atoms with Crippen LogP contribution in [0, 0.1) is 0 Å². The van der Waals surface area contributed by atoms with Crippen molar-refractivity contribution in [2.24, 2.45) is 0 Å². The topological polar surface area (TPSA) is 40.5 Å². The van der Waals surface area contributed by atoms with Crippen LogP contribution in [0.4, 0.5) is 0 Å². The van der Waals surface area contributed by atoms with Crippen LogP contribution < -0.4 is 0 Å². The summed E-state index contributed by atoms with van der Waals surface area (Å²) < 4.78 is 0.788. The molecule has 2 aromatic rings. The molecule has 1 aliphatic rings. The van der Waals surface area contributed by atoms with Crippen molar-refractivity contribution in [1.29, 1.82) is 0 Å². The number of nitrogens with zero attached hydrogens (tertiary/aromatic N) is 1. The maximum atomic E-state index is 12.5. The van der Waals surface area contributed by atoms with Gasteiger partial charge in [-0.1, -0.05) is 40.2 Å². The lowest BCUT2D eigenvalue weighted by molar-refractivity contribution is 0.0731. The molecule has 4 heteroatoms. The zero-order chi connectivity index (χ0) is 14.1. The number of rotatable bonds is 1. The van der Waals surface area contributed by atoms with E-state index in [2.05, 4.69) is 28.1 Å². The highest BCUT2D eigenvalue weighted by atomic mass is 79.9. The smallest absolute Gasteiger partial charge is 0.257 e. The first-order chi connectivity index (χ1) is 9.65. The number of aromatic hydroxyl groups is 1. The molecule has 0 bridgehead atoms. The number of phenolic OH excluding ortho intramolecular Hbond substituents is 1. The standard InChI is InChI=1S/C16H14BrNO2/c17-13-5-6-15(19)14(9-13)16(20)18-8-7-11-3-1-2-4-12(11)10-18/h1-6,9,19H,7-8,10H2. The SMILES string of the molecule is O=C(c1cc(Br)ccc1O)N1CCc2ccccc2C1. The number of carbonyl (C=O) groups is 1. The van der Waals surface area contributed by atoms with E-state index in [-0.39, 0.29) is 11.7 Å². The Bertz CT molecular complexity index is 669. The van der Waals surface area contributed by atoms with Gasteiger partial charge in [-0.25, -0.2) is 0 Å². The Kier molecular flexibility index (Phi) is 3.49. The lowest BCUT2D eigenvalue weighted by atomic mass is 9.99. The molecule has 0 saturated carbocycles. The lowest BCUT2D eigenvalue weighted by Crippen LogP contribution is -2.35. The summed E-state index contributed by atoms with van der Waals surface area (Å²) in [4.78, 5) is 14.3. The van der Waals surface area contributed by atoms with Crippen LogP contribution in [0.5, 0.6) is 5.75 Å². The second kappa shape index (κ2) is 5.29. The van der Waals surface area contributed by atoms with Crippen LogP contribution in [0.25, 0.3) is 0 Å². The van der Waals surface area contributed by atoms with E-state index >= 15 is 0 Å². The number of amides is 1. The van der Waals surface area contributed by atoms with Gasteiger partial charge in [-0.15, -0.1) is 0 Å². The van der Waals surface area contributed by atoms with Crippen molar-refractivity contribution in [3.8, 4) is 5.75 Å². The third-order valence-electron chi connectivity index (χ3n) is 3.61. The average molecular weight is 332 g/mol. The molecule has 1 aliphatic heterocycles. The largest absolute Gasteiger partial charge is 0.507 e. The van der Waals surface area contributed by atoms with E-state index in [1.807, 2.05) is 12.1 Å². The minimum absolute atomic E-state index is 0.0251. The molecule has 0 radical (unpaired) electrons. The predicted octanol–water partition coefficient (Wildman–Crippen LogP) is 3.35. The molecule has 0 fully saturated rings. The van der Waals surface area contributed by atoms with Crippen LogP contribution in [0.1, 0.15) is 21.5 Å². The highest BCUT2D eigenvalue weighted by Gasteiger charge is 2.23. The molecular weight excluding hydrogens is 318 g/mol. The molecule has 1 amide bonds. The van der Waals surface area contributed by atoms with Crippen molar-refractivity contribution >= 4 is 21.8 Å². The molecular formula is C16H14BrNO2. The summed E-state index contributed by atoms with van der Waals surface area (Å²) in [5, 5.41) is 9.86. The van der Waals surface area contributed by atoms with Crippen molar-refractivity contribution < 1.29 is 9.90 Å². The Hall–Kier alpha value is -1.81. The lowest BCUT2D eigenvalue weighted by Gasteiger charge is -2.29. The molecule has 0 saturated heterocycles. The van der Waals surface area contributed by atoms with Gasteiger partial charge in [0.1, 0.15) is 5.75 Å². The molecule has 0 aromatic heterocycles. The maximum absolute atomic E-state index is 12.5. The zero-order valence-electron chi connectivity index (χ0n) is 10.8. The van der Waals surface area contributed by atoms with E-state index in [0.29, 0.717) is 18.7 Å². The highest BCUT2D eigenvalue weighted by molar-refractivity contribution is 9.10. The molecule has 2 aromatic carbocycles. The molecule has 0 atom stereocenters. The number of benzene rings is 2. The summed E-state index contributed by atoms with van der Waals surface area (Å²) in [6.45, 7) is 1.28. The fraction of sp³-hybridized carbons (Fsp3) is 0.188. The van der Waals surface area contributed by atoms with Crippen molar-refractivity contribution in [1.82, 2.24) is 4.90 Å². The summed E-state index contributed by atoms with van der Waals surface area (Å²) in [6, 6.07) is 13.1. The first-order valence-electron chi connectivity index (χ1n) is 6.50. The van der Waals surface area contributed by atoms with Crippen LogP contribution in [0.2, 0.25) is 0 Å². The van der Waals surface area contributed by atoms with Gasteiger partial charge in [0.05, 0.1) is 5.56 Å². The third-order valence-corrected chi connectivity index (χ3v) is 4.10. The Morgan fingerprint density at radius 3 is 2.70 bits per heavy atom. The van der Waals surface area contributed by atoms with Gasteiger partial charge in [0.25, 0.3) is 5.91 Å². The van der Waals surface area contributed by atoms with Gasteiger partial charge < -0.3 is 10.0 Å². The van der Waals surface area contributed by atoms with Gasteiger partial charge in [0.2, 0.25) is 0 Å². The fourth-order valence-electron chi connectivity index (χ4n) is 2.52. The van der Waals surface area contributed by atoms with Crippen LogP contribution in [0.3, 0.4) is 0 Å². The molecule has 3 nitrogen and oxygen atoms in total. The number of hydrogen-bond acceptors (Lipinski definition) is 2. The second-order valence-electron chi connectivity index (χ2n) is 4.91. The number of carbonyl (C=O) groups excluding carboxylic acids is 1. The molecule has 102 valence electrons. The predicted molar refractivity (Wildman–Crippen MR) is 80.7 cm³/mol. The third kappa shape index (κ3) is 2.43. The molecule has 1 heterocycles. The number of hydrogen-bond donors (Lipinski definition) is 1.